The Morgan fingerprint density at radius 1 is 0.964 bits per heavy atom. The molecule has 5 rings (SSSR count). The van der Waals surface area contributed by atoms with Crippen LogP contribution in [-0.4, -0.2) is 32.5 Å². The van der Waals surface area contributed by atoms with Crippen molar-refractivity contribution in [3.63, 3.8) is 0 Å². The van der Waals surface area contributed by atoms with E-state index in [1.165, 1.54) is 12.1 Å². The third kappa shape index (κ3) is 2.95. The van der Waals surface area contributed by atoms with Gasteiger partial charge in [-0.25, -0.2) is 4.79 Å². The largest absolute Gasteiger partial charge is 0.586 e. The van der Waals surface area contributed by atoms with Crippen LogP contribution < -0.4 is 25.3 Å². The van der Waals surface area contributed by atoms with Crippen LogP contribution in [0, 0.1) is 0 Å². The second-order valence-corrected chi connectivity index (χ2v) is 6.74. The zero-order chi connectivity index (χ0) is 19.3. The molecule has 0 unspecified atom stereocenters. The molecule has 1 fully saturated rings. The first kappa shape index (κ1) is 17.0. The highest BCUT2D eigenvalue weighted by Crippen LogP contribution is 2.43. The van der Waals surface area contributed by atoms with Crippen LogP contribution in [0.2, 0.25) is 0 Å². The van der Waals surface area contributed by atoms with Gasteiger partial charge in [0.1, 0.15) is 5.76 Å². The van der Waals surface area contributed by atoms with E-state index in [1.54, 1.807) is 12.1 Å². The van der Waals surface area contributed by atoms with Crippen LogP contribution >= 0.6 is 0 Å². The van der Waals surface area contributed by atoms with E-state index in [0.717, 1.165) is 31.9 Å². The summed E-state index contributed by atoms with van der Waals surface area (Å²) in [4.78, 5) is 14.8. The molecule has 1 N–H and O–H groups in total. The molecule has 0 saturated carbocycles. The molecular weight excluding hydrogens is 370 g/mol. The first-order valence-corrected chi connectivity index (χ1v) is 8.92. The van der Waals surface area contributed by atoms with Gasteiger partial charge < -0.3 is 24.1 Å². The first-order valence-electron chi connectivity index (χ1n) is 8.92. The van der Waals surface area contributed by atoms with Crippen LogP contribution in [0.1, 0.15) is 0 Å². The fraction of sp³-hybridized carbons (Fsp3) is 0.250. The fourth-order valence-electron chi connectivity index (χ4n) is 3.54. The Hall–Kier alpha value is -3.13. The van der Waals surface area contributed by atoms with Crippen LogP contribution in [0.15, 0.2) is 51.7 Å². The Kier molecular flexibility index (Phi) is 3.77. The number of piperazine rings is 1. The number of benzene rings is 2. The van der Waals surface area contributed by atoms with Crippen molar-refractivity contribution >= 4 is 16.5 Å². The molecular formula is C20H16F2N2O4. The smallest absolute Gasteiger partial charge is 0.422 e. The third-order valence-corrected chi connectivity index (χ3v) is 4.91. The molecule has 1 saturated heterocycles. The third-order valence-electron chi connectivity index (χ3n) is 4.91. The molecule has 0 aliphatic carbocycles. The SMILES string of the molecule is O=c1oc(-c2ccc3c(c2)OC(F)(F)O3)cc2ccc(N3CCNCC3)cc12. The van der Waals surface area contributed by atoms with E-state index in [0.29, 0.717) is 16.3 Å². The number of nitrogens with zero attached hydrogens (tertiary/aromatic N) is 1. The highest BCUT2D eigenvalue weighted by Gasteiger charge is 2.43. The number of hydrogen-bond acceptors (Lipinski definition) is 6. The number of ether oxygens (including phenoxy) is 2. The molecule has 3 aromatic rings. The molecule has 0 bridgehead atoms. The lowest BCUT2D eigenvalue weighted by Gasteiger charge is -2.29. The summed E-state index contributed by atoms with van der Waals surface area (Å²) in [5, 5.41) is 4.49. The predicted octanol–water partition coefficient (Wildman–Crippen LogP) is 3.19. The van der Waals surface area contributed by atoms with Gasteiger partial charge in [0.15, 0.2) is 11.5 Å². The zero-order valence-electron chi connectivity index (χ0n) is 14.7. The Balaban J connectivity index is 1.53. The maximum absolute atomic E-state index is 13.2. The van der Waals surface area contributed by atoms with E-state index < -0.39 is 11.9 Å². The van der Waals surface area contributed by atoms with Crippen LogP contribution in [0.25, 0.3) is 22.1 Å². The van der Waals surface area contributed by atoms with Crippen molar-refractivity contribution in [1.29, 1.82) is 0 Å². The normalized spacial score (nSPS) is 17.9. The molecule has 3 heterocycles. The van der Waals surface area contributed by atoms with Gasteiger partial charge in [0.25, 0.3) is 0 Å². The molecule has 28 heavy (non-hydrogen) atoms. The molecule has 6 nitrogen and oxygen atoms in total. The summed E-state index contributed by atoms with van der Waals surface area (Å²) in [5.74, 6) is 0.117. The zero-order valence-corrected chi connectivity index (χ0v) is 14.7. The number of nitrogens with one attached hydrogen (secondary N) is 1. The van der Waals surface area contributed by atoms with E-state index in [1.807, 2.05) is 18.2 Å². The van der Waals surface area contributed by atoms with E-state index in [4.69, 9.17) is 4.42 Å². The van der Waals surface area contributed by atoms with Gasteiger partial charge in [-0.2, -0.15) is 0 Å². The van der Waals surface area contributed by atoms with Gasteiger partial charge in [0.2, 0.25) is 0 Å². The van der Waals surface area contributed by atoms with E-state index in [9.17, 15) is 13.6 Å². The summed E-state index contributed by atoms with van der Waals surface area (Å²) < 4.78 is 40.7. The second kappa shape index (κ2) is 6.20. The minimum atomic E-state index is -3.69. The highest BCUT2D eigenvalue weighted by molar-refractivity contribution is 5.87. The van der Waals surface area contributed by atoms with Crippen molar-refractivity contribution in [3.8, 4) is 22.8 Å². The van der Waals surface area contributed by atoms with Crippen LogP contribution in [0.3, 0.4) is 0 Å². The van der Waals surface area contributed by atoms with Crippen LogP contribution in [0.4, 0.5) is 14.5 Å². The number of anilines is 1. The molecule has 8 heteroatoms. The van der Waals surface area contributed by atoms with Gasteiger partial charge in [0.05, 0.1) is 5.39 Å². The topological polar surface area (TPSA) is 63.9 Å². The van der Waals surface area contributed by atoms with E-state index in [-0.39, 0.29) is 17.3 Å². The monoisotopic (exact) mass is 386 g/mol. The van der Waals surface area contributed by atoms with Gasteiger partial charge in [0, 0.05) is 37.4 Å². The lowest BCUT2D eigenvalue weighted by molar-refractivity contribution is -0.286. The van der Waals surface area contributed by atoms with Crippen molar-refractivity contribution in [3.05, 3.63) is 52.9 Å². The quantitative estimate of drug-likeness (QED) is 0.730. The summed E-state index contributed by atoms with van der Waals surface area (Å²) in [6.07, 6.45) is -3.69. The van der Waals surface area contributed by atoms with Gasteiger partial charge >= 0.3 is 11.9 Å². The molecule has 2 aliphatic heterocycles. The summed E-state index contributed by atoms with van der Waals surface area (Å²) in [5.41, 5.74) is 0.942. The highest BCUT2D eigenvalue weighted by atomic mass is 19.3. The Morgan fingerprint density at radius 2 is 1.75 bits per heavy atom. The van der Waals surface area contributed by atoms with Crippen molar-refractivity contribution in [2.24, 2.45) is 0 Å². The van der Waals surface area contributed by atoms with E-state index >= 15 is 0 Å². The molecule has 2 aromatic carbocycles. The lowest BCUT2D eigenvalue weighted by atomic mass is 10.1. The summed E-state index contributed by atoms with van der Waals surface area (Å²) in [6.45, 7) is 3.54. The first-order chi connectivity index (χ1) is 13.5. The summed E-state index contributed by atoms with van der Waals surface area (Å²) >= 11 is 0. The second-order valence-electron chi connectivity index (χ2n) is 6.74. The summed E-state index contributed by atoms with van der Waals surface area (Å²) in [7, 11) is 0. The molecule has 2 aliphatic rings. The van der Waals surface area contributed by atoms with E-state index in [2.05, 4.69) is 19.7 Å². The molecule has 144 valence electrons. The molecule has 0 radical (unpaired) electrons. The standard InChI is InChI=1S/C20H16F2N2O4/c21-20(22)27-16-4-2-13(10-18(16)28-20)17-9-12-1-3-14(11-15(12)19(25)26-17)24-7-5-23-6-8-24/h1-4,9-11,23H,5-8H2. The number of rotatable bonds is 2. The van der Waals surface area contributed by atoms with Crippen molar-refractivity contribution in [1.82, 2.24) is 5.32 Å². The number of fused-ring (bicyclic) bond motifs is 2. The van der Waals surface area contributed by atoms with Gasteiger partial charge in [-0.05, 0) is 41.8 Å². The van der Waals surface area contributed by atoms with Gasteiger partial charge in [-0.15, -0.1) is 8.78 Å². The number of alkyl halides is 2. The Morgan fingerprint density at radius 3 is 2.57 bits per heavy atom. The minimum absolute atomic E-state index is 0.0578. The van der Waals surface area contributed by atoms with Crippen LogP contribution in [-0.2, 0) is 0 Å². The van der Waals surface area contributed by atoms with Gasteiger partial charge in [-0.3, -0.25) is 0 Å². The Labute approximate surface area is 158 Å². The lowest BCUT2D eigenvalue weighted by Crippen LogP contribution is -2.43. The van der Waals surface area contributed by atoms with Crippen LogP contribution in [0.5, 0.6) is 11.5 Å². The number of halogens is 2. The number of hydrogen-bond donors (Lipinski definition) is 1. The van der Waals surface area contributed by atoms with Crippen molar-refractivity contribution < 1.29 is 22.7 Å². The van der Waals surface area contributed by atoms with Gasteiger partial charge in [-0.1, -0.05) is 6.07 Å². The molecule has 0 atom stereocenters. The average molecular weight is 386 g/mol. The molecule has 1 aromatic heterocycles. The molecule has 0 spiro atoms. The predicted molar refractivity (Wildman–Crippen MR) is 99.2 cm³/mol. The average Bonchev–Trinajstić information content (AvgIpc) is 3.01. The maximum Gasteiger partial charge on any atom is 0.586 e. The fourth-order valence-corrected chi connectivity index (χ4v) is 3.54. The van der Waals surface area contributed by atoms with Crippen molar-refractivity contribution in [2.75, 3.05) is 31.1 Å². The Bertz CT molecular complexity index is 1120. The molecule has 0 amide bonds. The summed E-state index contributed by atoms with van der Waals surface area (Å²) in [6, 6.07) is 11.7. The minimum Gasteiger partial charge on any atom is -0.422 e. The maximum atomic E-state index is 13.2. The van der Waals surface area contributed by atoms with Crippen molar-refractivity contribution in [2.45, 2.75) is 6.29 Å².